The van der Waals surface area contributed by atoms with Crippen molar-refractivity contribution in [1.29, 1.82) is 0 Å². The maximum atomic E-state index is 12.8. The van der Waals surface area contributed by atoms with Gasteiger partial charge in [-0.15, -0.1) is 10.2 Å². The zero-order chi connectivity index (χ0) is 18.1. The van der Waals surface area contributed by atoms with Crippen molar-refractivity contribution in [2.45, 2.75) is 19.9 Å². The van der Waals surface area contributed by atoms with Crippen LogP contribution in [0.15, 0.2) is 30.3 Å². The number of aromatic amines is 1. The number of para-hydroxylation sites is 1. The minimum atomic E-state index is 0.0766. The third-order valence-corrected chi connectivity index (χ3v) is 5.16. The molecule has 136 valence electrons. The lowest BCUT2D eigenvalue weighted by Crippen LogP contribution is -2.48. The number of carbonyl (C=O) groups is 1. The second-order valence-corrected chi connectivity index (χ2v) is 6.78. The Morgan fingerprint density at radius 2 is 1.85 bits per heavy atom. The van der Waals surface area contributed by atoms with Gasteiger partial charge < -0.3 is 14.5 Å². The molecular formula is C19H24N6O. The highest BCUT2D eigenvalue weighted by Crippen LogP contribution is 2.17. The molecule has 0 spiro atoms. The lowest BCUT2D eigenvalue weighted by atomic mass is 10.2. The fourth-order valence-electron chi connectivity index (χ4n) is 3.51. The van der Waals surface area contributed by atoms with Crippen LogP contribution in [0.3, 0.4) is 0 Å². The SMILES string of the molecule is CCc1nnc(CN2CCN(C(=O)c3cc4ccccc4[nH]3)CC2)n1C. The molecule has 1 N–H and O–H groups in total. The fourth-order valence-corrected chi connectivity index (χ4v) is 3.51. The van der Waals surface area contributed by atoms with E-state index in [4.69, 9.17) is 0 Å². The number of amides is 1. The molecule has 1 aliphatic heterocycles. The molecule has 1 saturated heterocycles. The van der Waals surface area contributed by atoms with E-state index in [1.165, 1.54) is 0 Å². The number of hydrogen-bond acceptors (Lipinski definition) is 4. The number of carbonyl (C=O) groups excluding carboxylic acids is 1. The van der Waals surface area contributed by atoms with Gasteiger partial charge in [0.1, 0.15) is 17.3 Å². The number of fused-ring (bicyclic) bond motifs is 1. The lowest BCUT2D eigenvalue weighted by molar-refractivity contribution is 0.0619. The smallest absolute Gasteiger partial charge is 0.270 e. The summed E-state index contributed by atoms with van der Waals surface area (Å²) in [5.74, 6) is 2.07. The Balaban J connectivity index is 1.38. The van der Waals surface area contributed by atoms with Crippen LogP contribution in [0.5, 0.6) is 0 Å². The second kappa shape index (κ2) is 6.92. The first-order valence-corrected chi connectivity index (χ1v) is 9.12. The molecule has 1 fully saturated rings. The number of nitrogens with one attached hydrogen (secondary N) is 1. The maximum Gasteiger partial charge on any atom is 0.270 e. The summed E-state index contributed by atoms with van der Waals surface area (Å²) in [6.45, 7) is 6.01. The predicted molar refractivity (Wildman–Crippen MR) is 99.9 cm³/mol. The summed E-state index contributed by atoms with van der Waals surface area (Å²) in [6, 6.07) is 9.92. The molecular weight excluding hydrogens is 328 g/mol. The summed E-state index contributed by atoms with van der Waals surface area (Å²) >= 11 is 0. The number of piperazine rings is 1. The van der Waals surface area contributed by atoms with E-state index < -0.39 is 0 Å². The molecule has 0 radical (unpaired) electrons. The molecule has 7 nitrogen and oxygen atoms in total. The number of hydrogen-bond donors (Lipinski definition) is 1. The van der Waals surface area contributed by atoms with Gasteiger partial charge in [-0.3, -0.25) is 9.69 Å². The van der Waals surface area contributed by atoms with E-state index in [0.717, 1.165) is 61.7 Å². The Labute approximate surface area is 152 Å². The van der Waals surface area contributed by atoms with E-state index in [0.29, 0.717) is 5.69 Å². The molecule has 26 heavy (non-hydrogen) atoms. The first kappa shape index (κ1) is 16.8. The maximum absolute atomic E-state index is 12.8. The molecule has 3 aromatic rings. The standard InChI is InChI=1S/C19H24N6O/c1-3-17-21-22-18(23(17)2)13-24-8-10-25(11-9-24)19(26)16-12-14-6-4-5-7-15(14)20-16/h4-7,12,20H,3,8-11,13H2,1-2H3. The van der Waals surface area contributed by atoms with Crippen molar-refractivity contribution in [3.05, 3.63) is 47.7 Å². The summed E-state index contributed by atoms with van der Waals surface area (Å²) in [4.78, 5) is 20.3. The van der Waals surface area contributed by atoms with Crippen LogP contribution in [0.2, 0.25) is 0 Å². The molecule has 3 heterocycles. The van der Waals surface area contributed by atoms with Crippen molar-refractivity contribution in [3.8, 4) is 0 Å². The topological polar surface area (TPSA) is 70.1 Å². The van der Waals surface area contributed by atoms with Crippen LogP contribution in [0.4, 0.5) is 0 Å². The zero-order valence-corrected chi connectivity index (χ0v) is 15.3. The predicted octanol–water partition coefficient (Wildman–Crippen LogP) is 1.82. The molecule has 0 aliphatic carbocycles. The molecule has 0 atom stereocenters. The van der Waals surface area contributed by atoms with Gasteiger partial charge >= 0.3 is 0 Å². The van der Waals surface area contributed by atoms with E-state index >= 15 is 0 Å². The third kappa shape index (κ3) is 3.10. The minimum Gasteiger partial charge on any atom is -0.351 e. The lowest BCUT2D eigenvalue weighted by Gasteiger charge is -2.34. The number of aromatic nitrogens is 4. The highest BCUT2D eigenvalue weighted by molar-refractivity contribution is 5.98. The van der Waals surface area contributed by atoms with E-state index in [1.807, 2.05) is 42.3 Å². The van der Waals surface area contributed by atoms with Gasteiger partial charge in [-0.2, -0.15) is 0 Å². The Hall–Kier alpha value is -2.67. The van der Waals surface area contributed by atoms with Gasteiger partial charge in [0.2, 0.25) is 0 Å². The Morgan fingerprint density at radius 3 is 2.54 bits per heavy atom. The first-order valence-electron chi connectivity index (χ1n) is 9.12. The molecule has 0 unspecified atom stereocenters. The molecule has 4 rings (SSSR count). The number of aryl methyl sites for hydroxylation is 1. The van der Waals surface area contributed by atoms with Gasteiger partial charge in [-0.1, -0.05) is 25.1 Å². The van der Waals surface area contributed by atoms with E-state index in [2.05, 4.69) is 31.6 Å². The van der Waals surface area contributed by atoms with E-state index in [1.54, 1.807) is 0 Å². The fraction of sp³-hybridized carbons (Fsp3) is 0.421. The largest absolute Gasteiger partial charge is 0.351 e. The van der Waals surface area contributed by atoms with Crippen molar-refractivity contribution < 1.29 is 4.79 Å². The zero-order valence-electron chi connectivity index (χ0n) is 15.3. The molecule has 0 bridgehead atoms. The molecule has 1 aromatic carbocycles. The molecule has 0 saturated carbocycles. The van der Waals surface area contributed by atoms with Crippen LogP contribution in [-0.4, -0.2) is 61.6 Å². The first-order chi connectivity index (χ1) is 12.7. The Morgan fingerprint density at radius 1 is 1.12 bits per heavy atom. The van der Waals surface area contributed by atoms with Gasteiger partial charge in [0.05, 0.1) is 6.54 Å². The Kier molecular flexibility index (Phi) is 4.46. The van der Waals surface area contributed by atoms with Crippen molar-refractivity contribution in [2.75, 3.05) is 26.2 Å². The van der Waals surface area contributed by atoms with Gasteiger partial charge in [0, 0.05) is 50.6 Å². The third-order valence-electron chi connectivity index (χ3n) is 5.16. The molecule has 1 amide bonds. The van der Waals surface area contributed by atoms with Crippen LogP contribution in [0.25, 0.3) is 10.9 Å². The van der Waals surface area contributed by atoms with E-state index in [9.17, 15) is 4.79 Å². The minimum absolute atomic E-state index is 0.0766. The Bertz CT molecular complexity index is 886. The summed E-state index contributed by atoms with van der Waals surface area (Å²) in [5, 5.41) is 9.59. The van der Waals surface area contributed by atoms with Gasteiger partial charge in [-0.25, -0.2) is 0 Å². The van der Waals surface area contributed by atoms with Crippen LogP contribution in [0, 0.1) is 0 Å². The van der Waals surface area contributed by atoms with Crippen LogP contribution < -0.4 is 0 Å². The molecule has 1 aliphatic rings. The van der Waals surface area contributed by atoms with E-state index in [-0.39, 0.29) is 5.91 Å². The normalized spacial score (nSPS) is 15.7. The number of H-pyrrole nitrogens is 1. The van der Waals surface area contributed by atoms with Crippen molar-refractivity contribution in [1.82, 2.24) is 29.5 Å². The highest BCUT2D eigenvalue weighted by Gasteiger charge is 2.24. The number of nitrogens with zero attached hydrogens (tertiary/aromatic N) is 5. The highest BCUT2D eigenvalue weighted by atomic mass is 16.2. The summed E-state index contributed by atoms with van der Waals surface area (Å²) in [7, 11) is 2.02. The molecule has 2 aromatic heterocycles. The monoisotopic (exact) mass is 352 g/mol. The van der Waals surface area contributed by atoms with Crippen LogP contribution >= 0.6 is 0 Å². The van der Waals surface area contributed by atoms with Crippen LogP contribution in [0.1, 0.15) is 29.1 Å². The number of benzene rings is 1. The summed E-state index contributed by atoms with van der Waals surface area (Å²) in [6.07, 6.45) is 0.885. The summed E-state index contributed by atoms with van der Waals surface area (Å²) < 4.78 is 2.07. The number of rotatable bonds is 4. The average Bonchev–Trinajstić information content (AvgIpc) is 3.25. The average molecular weight is 352 g/mol. The van der Waals surface area contributed by atoms with Crippen molar-refractivity contribution >= 4 is 16.8 Å². The van der Waals surface area contributed by atoms with Gasteiger partial charge in [0.25, 0.3) is 5.91 Å². The second-order valence-electron chi connectivity index (χ2n) is 6.78. The summed E-state index contributed by atoms with van der Waals surface area (Å²) in [5.41, 5.74) is 1.67. The van der Waals surface area contributed by atoms with Crippen LogP contribution in [-0.2, 0) is 20.0 Å². The van der Waals surface area contributed by atoms with Crippen molar-refractivity contribution in [3.63, 3.8) is 0 Å². The van der Waals surface area contributed by atoms with Crippen molar-refractivity contribution in [2.24, 2.45) is 7.05 Å². The van der Waals surface area contributed by atoms with Gasteiger partial charge in [-0.05, 0) is 12.1 Å². The quantitative estimate of drug-likeness (QED) is 0.778. The molecule has 7 heteroatoms. The van der Waals surface area contributed by atoms with Gasteiger partial charge in [0.15, 0.2) is 0 Å².